The van der Waals surface area contributed by atoms with Crippen molar-refractivity contribution in [3.63, 3.8) is 0 Å². The standard InChI is InChI=1S/C21H30FN5O2/c1-3-23-21(24-10-4-5-12-28-19-8-6-18(22)7-9-19)27-11-13-29-20(16-27)17-14-25-26(2)15-17/h6-9,14-15,20H,3-5,10-13,16H2,1-2H3,(H,23,24). The van der Waals surface area contributed by atoms with E-state index in [0.29, 0.717) is 19.0 Å². The Kier molecular flexibility index (Phi) is 7.86. The molecule has 2 aromatic rings. The number of rotatable bonds is 8. The molecule has 1 unspecified atom stereocenters. The van der Waals surface area contributed by atoms with Gasteiger partial charge in [-0.1, -0.05) is 0 Å². The normalized spacial score (nSPS) is 17.4. The summed E-state index contributed by atoms with van der Waals surface area (Å²) in [6.07, 6.45) is 5.68. The molecule has 7 nitrogen and oxygen atoms in total. The molecule has 2 heterocycles. The van der Waals surface area contributed by atoms with Crippen LogP contribution in [0.5, 0.6) is 5.75 Å². The molecule has 1 aromatic carbocycles. The van der Waals surface area contributed by atoms with Crippen molar-refractivity contribution in [1.82, 2.24) is 20.0 Å². The first-order valence-corrected chi connectivity index (χ1v) is 10.2. The summed E-state index contributed by atoms with van der Waals surface area (Å²) in [5.41, 5.74) is 1.09. The molecule has 1 fully saturated rings. The fraction of sp³-hybridized carbons (Fsp3) is 0.524. The summed E-state index contributed by atoms with van der Waals surface area (Å²) in [6.45, 7) is 6.45. The van der Waals surface area contributed by atoms with Gasteiger partial charge in [-0.2, -0.15) is 5.10 Å². The topological polar surface area (TPSA) is 63.9 Å². The van der Waals surface area contributed by atoms with Crippen LogP contribution in [0.1, 0.15) is 31.4 Å². The van der Waals surface area contributed by atoms with Crippen molar-refractivity contribution in [2.45, 2.75) is 25.9 Å². The lowest BCUT2D eigenvalue weighted by Gasteiger charge is -2.34. The molecule has 8 heteroatoms. The van der Waals surface area contributed by atoms with Crippen molar-refractivity contribution in [1.29, 1.82) is 0 Å². The molecule has 1 saturated heterocycles. The van der Waals surface area contributed by atoms with Gasteiger partial charge in [0.15, 0.2) is 5.96 Å². The van der Waals surface area contributed by atoms with Crippen LogP contribution in [0.25, 0.3) is 0 Å². The minimum absolute atomic E-state index is 0.00501. The average Bonchev–Trinajstić information content (AvgIpc) is 3.17. The number of guanidine groups is 1. The van der Waals surface area contributed by atoms with Gasteiger partial charge in [-0.3, -0.25) is 9.67 Å². The molecule has 0 bridgehead atoms. The number of hydrogen-bond donors (Lipinski definition) is 1. The van der Waals surface area contributed by atoms with Gasteiger partial charge < -0.3 is 19.7 Å². The van der Waals surface area contributed by atoms with E-state index in [2.05, 4.69) is 22.2 Å². The number of ether oxygens (including phenoxy) is 2. The predicted molar refractivity (Wildman–Crippen MR) is 111 cm³/mol. The third-order valence-electron chi connectivity index (χ3n) is 4.69. The van der Waals surface area contributed by atoms with Gasteiger partial charge in [-0.25, -0.2) is 4.39 Å². The van der Waals surface area contributed by atoms with E-state index >= 15 is 0 Å². The van der Waals surface area contributed by atoms with Crippen LogP contribution in [0.4, 0.5) is 4.39 Å². The highest BCUT2D eigenvalue weighted by Gasteiger charge is 2.25. The van der Waals surface area contributed by atoms with E-state index in [1.807, 2.05) is 19.4 Å². The summed E-state index contributed by atoms with van der Waals surface area (Å²) in [5.74, 6) is 1.36. The lowest BCUT2D eigenvalue weighted by molar-refractivity contribution is -0.00804. The molecule has 1 aromatic heterocycles. The molecule has 1 aliphatic heterocycles. The maximum absolute atomic E-state index is 12.9. The SMILES string of the molecule is CCNC(=NCCCCOc1ccc(F)cc1)N1CCOC(c2cnn(C)c2)C1. The number of morpholine rings is 1. The van der Waals surface area contributed by atoms with Gasteiger partial charge >= 0.3 is 0 Å². The van der Waals surface area contributed by atoms with Gasteiger partial charge in [-0.05, 0) is 44.0 Å². The molecule has 0 saturated carbocycles. The Hall–Kier alpha value is -2.61. The highest BCUT2D eigenvalue weighted by Crippen LogP contribution is 2.21. The first kappa shape index (κ1) is 21.1. The van der Waals surface area contributed by atoms with Gasteiger partial charge in [0.25, 0.3) is 0 Å². The molecule has 0 radical (unpaired) electrons. The molecule has 1 N–H and O–H groups in total. The largest absolute Gasteiger partial charge is 0.494 e. The van der Waals surface area contributed by atoms with E-state index in [1.165, 1.54) is 12.1 Å². The zero-order chi connectivity index (χ0) is 20.5. The number of halogens is 1. The quantitative estimate of drug-likeness (QED) is 0.417. The molecular weight excluding hydrogens is 373 g/mol. The number of unbranched alkanes of at least 4 members (excludes halogenated alkanes) is 1. The second kappa shape index (κ2) is 10.8. The molecule has 1 aliphatic rings. The summed E-state index contributed by atoms with van der Waals surface area (Å²) in [4.78, 5) is 7.03. The average molecular weight is 404 g/mol. The Labute approximate surface area is 171 Å². The van der Waals surface area contributed by atoms with Crippen molar-refractivity contribution in [2.75, 3.05) is 39.4 Å². The second-order valence-corrected chi connectivity index (χ2v) is 7.00. The number of aromatic nitrogens is 2. The van der Waals surface area contributed by atoms with Crippen molar-refractivity contribution < 1.29 is 13.9 Å². The van der Waals surface area contributed by atoms with Crippen LogP contribution >= 0.6 is 0 Å². The maximum atomic E-state index is 12.9. The number of nitrogens with one attached hydrogen (secondary N) is 1. The number of nitrogens with zero attached hydrogens (tertiary/aromatic N) is 4. The van der Waals surface area contributed by atoms with E-state index in [1.54, 1.807) is 16.8 Å². The fourth-order valence-corrected chi connectivity index (χ4v) is 3.20. The van der Waals surface area contributed by atoms with E-state index in [4.69, 9.17) is 14.5 Å². The number of aliphatic imine (C=N–C) groups is 1. The van der Waals surface area contributed by atoms with Crippen LogP contribution in [0, 0.1) is 5.82 Å². The Balaban J connectivity index is 1.45. The summed E-state index contributed by atoms with van der Waals surface area (Å²) in [7, 11) is 1.91. The third kappa shape index (κ3) is 6.45. The van der Waals surface area contributed by atoms with Crippen molar-refractivity contribution in [2.24, 2.45) is 12.0 Å². The van der Waals surface area contributed by atoms with E-state index in [9.17, 15) is 4.39 Å². The minimum atomic E-state index is -0.253. The van der Waals surface area contributed by atoms with Crippen molar-refractivity contribution >= 4 is 5.96 Å². The molecule has 0 aliphatic carbocycles. The van der Waals surface area contributed by atoms with Crippen LogP contribution in [-0.2, 0) is 11.8 Å². The van der Waals surface area contributed by atoms with Crippen LogP contribution in [0.2, 0.25) is 0 Å². The smallest absolute Gasteiger partial charge is 0.194 e. The van der Waals surface area contributed by atoms with Gasteiger partial charge in [0.2, 0.25) is 0 Å². The first-order valence-electron chi connectivity index (χ1n) is 10.2. The Morgan fingerprint density at radius 1 is 1.34 bits per heavy atom. The number of benzene rings is 1. The Morgan fingerprint density at radius 3 is 2.90 bits per heavy atom. The fourth-order valence-electron chi connectivity index (χ4n) is 3.20. The van der Waals surface area contributed by atoms with E-state index in [-0.39, 0.29) is 11.9 Å². The molecule has 0 spiro atoms. The zero-order valence-corrected chi connectivity index (χ0v) is 17.2. The Bertz CT molecular complexity index is 778. The molecule has 0 amide bonds. The molecule has 1 atom stereocenters. The molecule has 3 rings (SSSR count). The van der Waals surface area contributed by atoms with Gasteiger partial charge in [0.1, 0.15) is 17.7 Å². The Morgan fingerprint density at radius 2 is 2.17 bits per heavy atom. The molecule has 158 valence electrons. The number of hydrogen-bond acceptors (Lipinski definition) is 4. The predicted octanol–water partition coefficient (Wildman–Crippen LogP) is 2.76. The summed E-state index contributed by atoms with van der Waals surface area (Å²) < 4.78 is 26.2. The molecular formula is C21H30FN5O2. The molecule has 29 heavy (non-hydrogen) atoms. The van der Waals surface area contributed by atoms with Crippen molar-refractivity contribution in [3.05, 3.63) is 48.0 Å². The van der Waals surface area contributed by atoms with E-state index < -0.39 is 0 Å². The highest BCUT2D eigenvalue weighted by atomic mass is 19.1. The maximum Gasteiger partial charge on any atom is 0.194 e. The van der Waals surface area contributed by atoms with Crippen LogP contribution in [0.3, 0.4) is 0 Å². The third-order valence-corrected chi connectivity index (χ3v) is 4.69. The zero-order valence-electron chi connectivity index (χ0n) is 17.2. The van der Waals surface area contributed by atoms with E-state index in [0.717, 1.165) is 50.5 Å². The minimum Gasteiger partial charge on any atom is -0.494 e. The first-order chi connectivity index (χ1) is 14.2. The van der Waals surface area contributed by atoms with Gasteiger partial charge in [0.05, 0.1) is 26.0 Å². The number of aryl methyl sites for hydroxylation is 1. The lowest BCUT2D eigenvalue weighted by Crippen LogP contribution is -2.48. The van der Waals surface area contributed by atoms with Crippen LogP contribution in [0.15, 0.2) is 41.7 Å². The summed E-state index contributed by atoms with van der Waals surface area (Å²) >= 11 is 0. The monoisotopic (exact) mass is 403 g/mol. The highest BCUT2D eigenvalue weighted by molar-refractivity contribution is 5.80. The second-order valence-electron chi connectivity index (χ2n) is 7.00. The lowest BCUT2D eigenvalue weighted by atomic mass is 10.1. The van der Waals surface area contributed by atoms with Gasteiger partial charge in [-0.15, -0.1) is 0 Å². The van der Waals surface area contributed by atoms with Crippen LogP contribution < -0.4 is 10.1 Å². The van der Waals surface area contributed by atoms with Crippen LogP contribution in [-0.4, -0.2) is 60.0 Å². The summed E-state index contributed by atoms with van der Waals surface area (Å²) in [5, 5.41) is 7.63. The summed E-state index contributed by atoms with van der Waals surface area (Å²) in [6, 6.07) is 6.11. The van der Waals surface area contributed by atoms with Gasteiger partial charge in [0, 0.05) is 38.4 Å². The van der Waals surface area contributed by atoms with Crippen molar-refractivity contribution in [3.8, 4) is 5.75 Å².